The van der Waals surface area contributed by atoms with E-state index in [0.29, 0.717) is 11.8 Å². The second-order valence-electron chi connectivity index (χ2n) is 5.85. The van der Waals surface area contributed by atoms with Crippen LogP contribution in [0.1, 0.15) is 26.7 Å². The molecule has 1 heterocycles. The number of ether oxygens (including phenoxy) is 2. The minimum atomic E-state index is 0.0602. The molecule has 0 aliphatic carbocycles. The number of hydrogen-bond acceptors (Lipinski definition) is 4. The summed E-state index contributed by atoms with van der Waals surface area (Å²) in [5.41, 5.74) is 0. The molecule has 2 rings (SSSR count). The standard InChI is InChI=1S/C18H28N2O3/c1-4-15(5-2)19-10-12-20(13-11-19)18(21)14-23-17-8-6-16(22-3)7-9-17/h6-9,15H,4-5,10-14H2,1-3H3. The van der Waals surface area contributed by atoms with Crippen molar-refractivity contribution in [3.63, 3.8) is 0 Å². The Kier molecular flexibility index (Phi) is 6.71. The fourth-order valence-corrected chi connectivity index (χ4v) is 3.05. The van der Waals surface area contributed by atoms with E-state index in [4.69, 9.17) is 9.47 Å². The normalized spacial score (nSPS) is 15.7. The van der Waals surface area contributed by atoms with Gasteiger partial charge in [0.15, 0.2) is 6.61 Å². The molecule has 1 aromatic carbocycles. The number of methoxy groups -OCH3 is 1. The number of carbonyl (C=O) groups is 1. The topological polar surface area (TPSA) is 42.0 Å². The highest BCUT2D eigenvalue weighted by atomic mass is 16.5. The minimum Gasteiger partial charge on any atom is -0.497 e. The largest absolute Gasteiger partial charge is 0.497 e. The van der Waals surface area contributed by atoms with Crippen LogP contribution in [-0.2, 0) is 4.79 Å². The lowest BCUT2D eigenvalue weighted by Gasteiger charge is -2.38. The SMILES string of the molecule is CCC(CC)N1CCN(C(=O)COc2ccc(OC)cc2)CC1. The average Bonchev–Trinajstić information content (AvgIpc) is 2.61. The van der Waals surface area contributed by atoms with Crippen molar-refractivity contribution in [2.24, 2.45) is 0 Å². The van der Waals surface area contributed by atoms with Crippen LogP contribution >= 0.6 is 0 Å². The summed E-state index contributed by atoms with van der Waals surface area (Å²) in [6, 6.07) is 7.93. The fraction of sp³-hybridized carbons (Fsp3) is 0.611. The van der Waals surface area contributed by atoms with E-state index in [1.54, 1.807) is 7.11 Å². The van der Waals surface area contributed by atoms with Gasteiger partial charge in [0.1, 0.15) is 11.5 Å². The van der Waals surface area contributed by atoms with Gasteiger partial charge in [-0.15, -0.1) is 0 Å². The number of nitrogens with zero attached hydrogens (tertiary/aromatic N) is 2. The average molecular weight is 320 g/mol. The lowest BCUT2D eigenvalue weighted by atomic mass is 10.1. The number of hydrogen-bond donors (Lipinski definition) is 0. The van der Waals surface area contributed by atoms with Gasteiger partial charge >= 0.3 is 0 Å². The molecule has 1 saturated heterocycles. The maximum Gasteiger partial charge on any atom is 0.260 e. The lowest BCUT2D eigenvalue weighted by molar-refractivity contribution is -0.135. The molecule has 128 valence electrons. The van der Waals surface area contributed by atoms with Gasteiger partial charge in [0.25, 0.3) is 5.91 Å². The van der Waals surface area contributed by atoms with Gasteiger partial charge in [0, 0.05) is 32.2 Å². The van der Waals surface area contributed by atoms with E-state index in [9.17, 15) is 4.79 Å². The predicted molar refractivity (Wildman–Crippen MR) is 91.0 cm³/mol. The summed E-state index contributed by atoms with van der Waals surface area (Å²) in [5.74, 6) is 1.53. The molecule has 1 fully saturated rings. The predicted octanol–water partition coefficient (Wildman–Crippen LogP) is 2.41. The summed E-state index contributed by atoms with van der Waals surface area (Å²) in [6.07, 6.45) is 2.34. The van der Waals surface area contributed by atoms with Gasteiger partial charge in [-0.3, -0.25) is 9.69 Å². The van der Waals surface area contributed by atoms with Crippen LogP contribution in [0.5, 0.6) is 11.5 Å². The van der Waals surface area contributed by atoms with E-state index >= 15 is 0 Å². The molecule has 23 heavy (non-hydrogen) atoms. The van der Waals surface area contributed by atoms with Crippen LogP contribution in [-0.4, -0.2) is 61.6 Å². The van der Waals surface area contributed by atoms with Gasteiger partial charge in [0.05, 0.1) is 7.11 Å². The van der Waals surface area contributed by atoms with Gasteiger partial charge in [-0.2, -0.15) is 0 Å². The molecule has 1 amide bonds. The Hall–Kier alpha value is -1.75. The van der Waals surface area contributed by atoms with E-state index in [-0.39, 0.29) is 12.5 Å². The third kappa shape index (κ3) is 4.86. The molecule has 0 unspecified atom stereocenters. The first-order chi connectivity index (χ1) is 11.2. The zero-order valence-electron chi connectivity index (χ0n) is 14.5. The Labute approximate surface area is 139 Å². The molecule has 0 bridgehead atoms. The van der Waals surface area contributed by atoms with E-state index in [2.05, 4.69) is 18.7 Å². The van der Waals surface area contributed by atoms with Crippen molar-refractivity contribution in [3.8, 4) is 11.5 Å². The third-order valence-corrected chi connectivity index (χ3v) is 4.55. The molecule has 5 heteroatoms. The van der Waals surface area contributed by atoms with Crippen molar-refractivity contribution in [1.82, 2.24) is 9.80 Å². The van der Waals surface area contributed by atoms with Crippen LogP contribution in [0.2, 0.25) is 0 Å². The zero-order valence-corrected chi connectivity index (χ0v) is 14.5. The second-order valence-corrected chi connectivity index (χ2v) is 5.85. The molecule has 0 radical (unpaired) electrons. The molecule has 0 N–H and O–H groups in total. The van der Waals surface area contributed by atoms with Crippen LogP contribution in [0, 0.1) is 0 Å². The lowest BCUT2D eigenvalue weighted by Crippen LogP contribution is -2.52. The molecule has 1 aliphatic rings. The Balaban J connectivity index is 1.76. The number of benzene rings is 1. The number of carbonyl (C=O) groups excluding carboxylic acids is 1. The number of piperazine rings is 1. The third-order valence-electron chi connectivity index (χ3n) is 4.55. The van der Waals surface area contributed by atoms with E-state index in [1.165, 1.54) is 12.8 Å². The van der Waals surface area contributed by atoms with Gasteiger partial charge < -0.3 is 14.4 Å². The van der Waals surface area contributed by atoms with Crippen molar-refractivity contribution in [2.75, 3.05) is 39.9 Å². The molecule has 0 spiro atoms. The Morgan fingerprint density at radius 2 is 1.61 bits per heavy atom. The number of rotatable bonds is 7. The van der Waals surface area contributed by atoms with Crippen molar-refractivity contribution < 1.29 is 14.3 Å². The van der Waals surface area contributed by atoms with Crippen LogP contribution in [0.3, 0.4) is 0 Å². The summed E-state index contributed by atoms with van der Waals surface area (Å²) in [4.78, 5) is 16.7. The second kappa shape index (κ2) is 8.77. The molecule has 1 aromatic rings. The Bertz CT molecular complexity index is 478. The van der Waals surface area contributed by atoms with Crippen LogP contribution in [0.25, 0.3) is 0 Å². The summed E-state index contributed by atoms with van der Waals surface area (Å²) >= 11 is 0. The van der Waals surface area contributed by atoms with Crippen molar-refractivity contribution in [3.05, 3.63) is 24.3 Å². The molecule has 0 atom stereocenters. The van der Waals surface area contributed by atoms with Crippen molar-refractivity contribution in [2.45, 2.75) is 32.7 Å². The molecule has 1 aliphatic heterocycles. The first-order valence-electron chi connectivity index (χ1n) is 8.46. The highest BCUT2D eigenvalue weighted by molar-refractivity contribution is 5.77. The van der Waals surface area contributed by atoms with Gasteiger partial charge in [-0.25, -0.2) is 0 Å². The fourth-order valence-electron chi connectivity index (χ4n) is 3.05. The van der Waals surface area contributed by atoms with Gasteiger partial charge in [-0.1, -0.05) is 13.8 Å². The highest BCUT2D eigenvalue weighted by Crippen LogP contribution is 2.17. The first-order valence-corrected chi connectivity index (χ1v) is 8.46. The molecule has 0 aromatic heterocycles. The smallest absolute Gasteiger partial charge is 0.260 e. The maximum absolute atomic E-state index is 12.3. The highest BCUT2D eigenvalue weighted by Gasteiger charge is 2.24. The van der Waals surface area contributed by atoms with Crippen molar-refractivity contribution >= 4 is 5.91 Å². The summed E-state index contributed by atoms with van der Waals surface area (Å²) < 4.78 is 10.7. The Morgan fingerprint density at radius 1 is 1.04 bits per heavy atom. The summed E-state index contributed by atoms with van der Waals surface area (Å²) in [7, 11) is 1.63. The molecular formula is C18H28N2O3. The van der Waals surface area contributed by atoms with E-state index in [0.717, 1.165) is 31.9 Å². The minimum absolute atomic E-state index is 0.0602. The van der Waals surface area contributed by atoms with Gasteiger partial charge in [0.2, 0.25) is 0 Å². The molecule has 0 saturated carbocycles. The summed E-state index contributed by atoms with van der Waals surface area (Å²) in [6.45, 7) is 8.06. The van der Waals surface area contributed by atoms with E-state index in [1.807, 2.05) is 29.2 Å². The van der Waals surface area contributed by atoms with Crippen molar-refractivity contribution in [1.29, 1.82) is 0 Å². The molecule has 5 nitrogen and oxygen atoms in total. The quantitative estimate of drug-likeness (QED) is 0.774. The van der Waals surface area contributed by atoms with Crippen LogP contribution in [0.15, 0.2) is 24.3 Å². The monoisotopic (exact) mass is 320 g/mol. The van der Waals surface area contributed by atoms with E-state index < -0.39 is 0 Å². The first kappa shape index (κ1) is 17.6. The summed E-state index contributed by atoms with van der Waals surface area (Å²) in [5, 5.41) is 0. The number of amides is 1. The van der Waals surface area contributed by atoms with Crippen LogP contribution in [0.4, 0.5) is 0 Å². The molecular weight excluding hydrogens is 292 g/mol. The Morgan fingerprint density at radius 3 is 2.13 bits per heavy atom. The maximum atomic E-state index is 12.3. The zero-order chi connectivity index (χ0) is 16.7. The van der Waals surface area contributed by atoms with Crippen LogP contribution < -0.4 is 9.47 Å². The van der Waals surface area contributed by atoms with Gasteiger partial charge in [-0.05, 0) is 37.1 Å².